The topological polar surface area (TPSA) is 84.0 Å². The van der Waals surface area contributed by atoms with Gasteiger partial charge in [0.25, 0.3) is 0 Å². The van der Waals surface area contributed by atoms with Crippen LogP contribution in [-0.2, 0) is 9.47 Å². The van der Waals surface area contributed by atoms with Crippen molar-refractivity contribution < 1.29 is 14.3 Å². The maximum absolute atomic E-state index is 12.1. The monoisotopic (exact) mass is 398 g/mol. The first-order chi connectivity index (χ1) is 13.0. The van der Waals surface area contributed by atoms with Gasteiger partial charge in [-0.3, -0.25) is 4.99 Å². The van der Waals surface area contributed by atoms with Crippen LogP contribution in [0, 0.1) is 5.41 Å². The van der Waals surface area contributed by atoms with Gasteiger partial charge in [-0.2, -0.15) is 0 Å². The molecule has 0 saturated heterocycles. The Hall–Kier alpha value is -1.50. The molecule has 7 heteroatoms. The van der Waals surface area contributed by atoms with Crippen LogP contribution in [0.3, 0.4) is 0 Å². The van der Waals surface area contributed by atoms with Crippen molar-refractivity contribution in [1.29, 1.82) is 0 Å². The summed E-state index contributed by atoms with van der Waals surface area (Å²) >= 11 is 0. The standard InChI is InChI=1S/C21H42N4O3/c1-8-22-17(24-16-21(13-14-27-7)11-9-10-12-21)23-15-20(5,6)25-18(26)28-19(2,3)4/h8-16H2,1-7H3,(H,25,26)(H2,22,23,24). The van der Waals surface area contributed by atoms with E-state index in [1.807, 2.05) is 34.6 Å². The highest BCUT2D eigenvalue weighted by Crippen LogP contribution is 2.40. The van der Waals surface area contributed by atoms with Crippen molar-refractivity contribution in [2.75, 3.05) is 33.4 Å². The number of alkyl carbamates (subject to hydrolysis) is 1. The van der Waals surface area contributed by atoms with Gasteiger partial charge in [-0.1, -0.05) is 12.8 Å². The molecule has 28 heavy (non-hydrogen) atoms. The second-order valence-electron chi connectivity index (χ2n) is 9.51. The Labute approximate surface area is 171 Å². The van der Waals surface area contributed by atoms with E-state index in [9.17, 15) is 4.79 Å². The fraction of sp³-hybridized carbons (Fsp3) is 0.905. The lowest BCUT2D eigenvalue weighted by atomic mass is 9.83. The van der Waals surface area contributed by atoms with E-state index in [1.165, 1.54) is 25.7 Å². The first kappa shape index (κ1) is 24.5. The lowest BCUT2D eigenvalue weighted by Gasteiger charge is -2.30. The van der Waals surface area contributed by atoms with Gasteiger partial charge < -0.3 is 25.4 Å². The fourth-order valence-electron chi connectivity index (χ4n) is 3.47. The number of nitrogens with one attached hydrogen (secondary N) is 3. The minimum Gasteiger partial charge on any atom is -0.444 e. The Morgan fingerprint density at radius 3 is 2.29 bits per heavy atom. The van der Waals surface area contributed by atoms with Crippen LogP contribution in [0.15, 0.2) is 4.99 Å². The summed E-state index contributed by atoms with van der Waals surface area (Å²) in [5.74, 6) is 0.783. The molecule has 0 unspecified atom stereocenters. The summed E-state index contributed by atoms with van der Waals surface area (Å²) in [5, 5.41) is 9.73. The maximum Gasteiger partial charge on any atom is 0.408 e. The number of guanidine groups is 1. The zero-order chi connectivity index (χ0) is 21.3. The summed E-state index contributed by atoms with van der Waals surface area (Å²) in [6.45, 7) is 14.4. The summed E-state index contributed by atoms with van der Waals surface area (Å²) in [7, 11) is 1.77. The van der Waals surface area contributed by atoms with Crippen molar-refractivity contribution in [2.45, 2.75) is 84.8 Å². The first-order valence-electron chi connectivity index (χ1n) is 10.5. The normalized spacial score (nSPS) is 17.3. The van der Waals surface area contributed by atoms with Gasteiger partial charge in [0.1, 0.15) is 5.60 Å². The molecule has 1 aliphatic carbocycles. The van der Waals surface area contributed by atoms with Crippen molar-refractivity contribution in [2.24, 2.45) is 10.4 Å². The van der Waals surface area contributed by atoms with Crippen molar-refractivity contribution in [3.63, 3.8) is 0 Å². The number of amides is 1. The minimum atomic E-state index is -0.516. The molecule has 7 nitrogen and oxygen atoms in total. The van der Waals surface area contributed by atoms with E-state index in [-0.39, 0.29) is 5.41 Å². The molecule has 1 saturated carbocycles. The number of methoxy groups -OCH3 is 1. The highest BCUT2D eigenvalue weighted by atomic mass is 16.6. The van der Waals surface area contributed by atoms with Crippen molar-refractivity contribution >= 4 is 12.1 Å². The van der Waals surface area contributed by atoms with Gasteiger partial charge in [0.2, 0.25) is 0 Å². The second-order valence-corrected chi connectivity index (χ2v) is 9.51. The zero-order valence-corrected chi connectivity index (χ0v) is 19.0. The third-order valence-electron chi connectivity index (χ3n) is 4.95. The van der Waals surface area contributed by atoms with E-state index in [1.54, 1.807) is 7.11 Å². The van der Waals surface area contributed by atoms with Crippen LogP contribution in [0.1, 0.15) is 73.6 Å². The van der Waals surface area contributed by atoms with Crippen molar-refractivity contribution in [3.05, 3.63) is 0 Å². The minimum absolute atomic E-state index is 0.288. The van der Waals surface area contributed by atoms with Gasteiger partial charge in [0, 0.05) is 26.8 Å². The van der Waals surface area contributed by atoms with Crippen LogP contribution < -0.4 is 16.0 Å². The molecule has 0 heterocycles. The number of ether oxygens (including phenoxy) is 2. The molecule has 1 aliphatic rings. The van der Waals surface area contributed by atoms with E-state index in [4.69, 9.17) is 14.5 Å². The fourth-order valence-corrected chi connectivity index (χ4v) is 3.47. The molecule has 1 rings (SSSR count). The number of hydrogen-bond donors (Lipinski definition) is 3. The smallest absolute Gasteiger partial charge is 0.408 e. The largest absolute Gasteiger partial charge is 0.444 e. The quantitative estimate of drug-likeness (QED) is 0.409. The van der Waals surface area contributed by atoms with Gasteiger partial charge >= 0.3 is 6.09 Å². The average molecular weight is 399 g/mol. The van der Waals surface area contributed by atoms with E-state index >= 15 is 0 Å². The number of carbonyl (C=O) groups excluding carboxylic acids is 1. The number of hydrogen-bond acceptors (Lipinski definition) is 4. The SMILES string of the molecule is CCNC(=NCC(C)(C)NC(=O)OC(C)(C)C)NCC1(CCOC)CCCC1. The van der Waals surface area contributed by atoms with Gasteiger partial charge in [-0.05, 0) is 66.2 Å². The Morgan fingerprint density at radius 2 is 1.75 bits per heavy atom. The van der Waals surface area contributed by atoms with Gasteiger partial charge in [-0.15, -0.1) is 0 Å². The van der Waals surface area contributed by atoms with Crippen LogP contribution in [0.4, 0.5) is 4.79 Å². The predicted molar refractivity (Wildman–Crippen MR) is 115 cm³/mol. The molecule has 0 radical (unpaired) electrons. The number of nitrogens with zero attached hydrogens (tertiary/aromatic N) is 1. The van der Waals surface area contributed by atoms with E-state index in [0.29, 0.717) is 6.54 Å². The summed E-state index contributed by atoms with van der Waals surface area (Å²) in [6.07, 6.45) is 5.68. The highest BCUT2D eigenvalue weighted by Gasteiger charge is 2.33. The van der Waals surface area contributed by atoms with E-state index in [2.05, 4.69) is 22.9 Å². The molecule has 0 bridgehead atoms. The molecular weight excluding hydrogens is 356 g/mol. The van der Waals surface area contributed by atoms with Crippen molar-refractivity contribution in [1.82, 2.24) is 16.0 Å². The van der Waals surface area contributed by atoms with Gasteiger partial charge in [0.05, 0.1) is 12.1 Å². The number of rotatable bonds is 9. The summed E-state index contributed by atoms with van der Waals surface area (Å²) in [6, 6.07) is 0. The van der Waals surface area contributed by atoms with Gasteiger partial charge in [-0.25, -0.2) is 4.79 Å². The summed E-state index contributed by atoms with van der Waals surface area (Å²) in [4.78, 5) is 16.8. The first-order valence-corrected chi connectivity index (χ1v) is 10.5. The third-order valence-corrected chi connectivity index (χ3v) is 4.95. The highest BCUT2D eigenvalue weighted by molar-refractivity contribution is 5.80. The van der Waals surface area contributed by atoms with Crippen LogP contribution >= 0.6 is 0 Å². The Bertz CT molecular complexity index is 506. The molecular formula is C21H42N4O3. The van der Waals surface area contributed by atoms with Crippen LogP contribution in [0.25, 0.3) is 0 Å². The summed E-state index contributed by atoms with van der Waals surface area (Å²) in [5.41, 5.74) is -0.736. The number of aliphatic imine (C=N–C) groups is 1. The molecule has 1 amide bonds. The third kappa shape index (κ3) is 9.62. The van der Waals surface area contributed by atoms with Crippen LogP contribution in [0.5, 0.6) is 0 Å². The molecule has 0 atom stereocenters. The lowest BCUT2D eigenvalue weighted by molar-refractivity contribution is 0.0476. The van der Waals surface area contributed by atoms with Crippen molar-refractivity contribution in [3.8, 4) is 0 Å². The molecule has 0 aromatic rings. The molecule has 0 spiro atoms. The Balaban J connectivity index is 2.65. The van der Waals surface area contributed by atoms with Crippen LogP contribution in [0.2, 0.25) is 0 Å². The molecule has 0 aromatic heterocycles. The van der Waals surface area contributed by atoms with E-state index in [0.717, 1.165) is 32.1 Å². The maximum atomic E-state index is 12.1. The molecule has 164 valence electrons. The molecule has 3 N–H and O–H groups in total. The lowest BCUT2D eigenvalue weighted by Crippen LogP contribution is -2.49. The summed E-state index contributed by atoms with van der Waals surface area (Å²) < 4.78 is 10.7. The van der Waals surface area contributed by atoms with Crippen LogP contribution in [-0.4, -0.2) is 56.5 Å². The van der Waals surface area contributed by atoms with Gasteiger partial charge in [0.15, 0.2) is 5.96 Å². The Kier molecular flexibility index (Phi) is 9.54. The molecule has 1 fully saturated rings. The Morgan fingerprint density at radius 1 is 1.11 bits per heavy atom. The zero-order valence-electron chi connectivity index (χ0n) is 19.0. The molecule has 0 aromatic carbocycles. The predicted octanol–water partition coefficient (Wildman–Crippen LogP) is 3.44. The number of carbonyl (C=O) groups is 1. The van der Waals surface area contributed by atoms with E-state index < -0.39 is 17.2 Å². The molecule has 0 aliphatic heterocycles. The second kappa shape index (κ2) is 10.9. The average Bonchev–Trinajstić information content (AvgIpc) is 3.02.